The maximum absolute atomic E-state index is 6.38. The minimum atomic E-state index is -0.188. The molecule has 2 aromatic rings. The Kier molecular flexibility index (Phi) is 4.27. The molecule has 100 valence electrons. The van der Waals surface area contributed by atoms with Gasteiger partial charge in [-0.1, -0.05) is 45.8 Å². The number of hydrogen-bond donors (Lipinski definition) is 1. The molecule has 0 bridgehead atoms. The van der Waals surface area contributed by atoms with Gasteiger partial charge in [0.25, 0.3) is 0 Å². The van der Waals surface area contributed by atoms with E-state index in [0.29, 0.717) is 0 Å². The number of ether oxygens (including phenoxy) is 1. The predicted octanol–water partition coefficient (Wildman–Crippen LogP) is 4.12. The second-order valence-corrected chi connectivity index (χ2v) is 5.59. The molecule has 0 aliphatic rings. The molecule has 0 fully saturated rings. The van der Waals surface area contributed by atoms with Crippen LogP contribution in [0.4, 0.5) is 0 Å². The molecule has 0 spiro atoms. The van der Waals surface area contributed by atoms with Gasteiger partial charge in [0, 0.05) is 10.0 Å². The summed E-state index contributed by atoms with van der Waals surface area (Å²) in [5.41, 5.74) is 10.8. The highest BCUT2D eigenvalue weighted by Crippen LogP contribution is 2.31. The van der Waals surface area contributed by atoms with E-state index in [1.54, 1.807) is 7.11 Å². The summed E-state index contributed by atoms with van der Waals surface area (Å²) in [5, 5.41) is 0. The van der Waals surface area contributed by atoms with Gasteiger partial charge in [-0.3, -0.25) is 0 Å². The first-order valence-corrected chi connectivity index (χ1v) is 6.98. The summed E-state index contributed by atoms with van der Waals surface area (Å²) in [5.74, 6) is 0.829. The van der Waals surface area contributed by atoms with Crippen molar-refractivity contribution in [1.29, 1.82) is 0 Å². The third-order valence-electron chi connectivity index (χ3n) is 3.28. The van der Waals surface area contributed by atoms with Crippen LogP contribution in [0.1, 0.15) is 28.3 Å². The summed E-state index contributed by atoms with van der Waals surface area (Å²) >= 11 is 3.55. The first-order valence-electron chi connectivity index (χ1n) is 6.19. The molecular formula is C16H18BrNO. The van der Waals surface area contributed by atoms with E-state index < -0.39 is 0 Å². The molecule has 0 radical (unpaired) electrons. The average molecular weight is 320 g/mol. The maximum atomic E-state index is 6.38. The van der Waals surface area contributed by atoms with Crippen molar-refractivity contribution in [3.05, 3.63) is 63.1 Å². The third kappa shape index (κ3) is 2.99. The highest BCUT2D eigenvalue weighted by molar-refractivity contribution is 9.10. The Morgan fingerprint density at radius 1 is 1.11 bits per heavy atom. The van der Waals surface area contributed by atoms with Gasteiger partial charge in [0.15, 0.2) is 0 Å². The minimum absolute atomic E-state index is 0.188. The fourth-order valence-corrected chi connectivity index (χ4v) is 2.48. The molecule has 0 saturated carbocycles. The van der Waals surface area contributed by atoms with Crippen molar-refractivity contribution in [2.75, 3.05) is 7.11 Å². The number of hydrogen-bond acceptors (Lipinski definition) is 2. The standard InChI is InChI=1S/C16H18BrNO/c1-10-4-7-15(19-3)13(8-10)16(18)12-6-5-11(2)14(17)9-12/h4-9,16H,18H2,1-3H3. The van der Waals surface area contributed by atoms with E-state index >= 15 is 0 Å². The van der Waals surface area contributed by atoms with E-state index in [9.17, 15) is 0 Å². The van der Waals surface area contributed by atoms with Gasteiger partial charge in [0.1, 0.15) is 5.75 Å². The van der Waals surface area contributed by atoms with Gasteiger partial charge in [-0.05, 0) is 37.1 Å². The van der Waals surface area contributed by atoms with Crippen molar-refractivity contribution in [3.8, 4) is 5.75 Å². The molecule has 0 saturated heterocycles. The highest BCUT2D eigenvalue weighted by Gasteiger charge is 2.15. The van der Waals surface area contributed by atoms with Crippen molar-refractivity contribution >= 4 is 15.9 Å². The van der Waals surface area contributed by atoms with E-state index in [0.717, 1.165) is 21.3 Å². The lowest BCUT2D eigenvalue weighted by Crippen LogP contribution is -2.13. The predicted molar refractivity (Wildman–Crippen MR) is 82.6 cm³/mol. The molecule has 0 heterocycles. The molecule has 1 atom stereocenters. The first-order chi connectivity index (χ1) is 9.02. The lowest BCUT2D eigenvalue weighted by molar-refractivity contribution is 0.407. The molecule has 0 amide bonds. The van der Waals surface area contributed by atoms with Gasteiger partial charge in [0.2, 0.25) is 0 Å². The van der Waals surface area contributed by atoms with Crippen LogP contribution in [0.25, 0.3) is 0 Å². The van der Waals surface area contributed by atoms with Crippen LogP contribution in [0.5, 0.6) is 5.75 Å². The molecule has 0 aliphatic heterocycles. The summed E-state index contributed by atoms with van der Waals surface area (Å²) in [4.78, 5) is 0. The molecule has 19 heavy (non-hydrogen) atoms. The zero-order valence-electron chi connectivity index (χ0n) is 11.4. The Hall–Kier alpha value is -1.32. The Morgan fingerprint density at radius 2 is 1.84 bits per heavy atom. The van der Waals surface area contributed by atoms with Gasteiger partial charge >= 0.3 is 0 Å². The van der Waals surface area contributed by atoms with Gasteiger partial charge in [0.05, 0.1) is 13.2 Å². The van der Waals surface area contributed by atoms with Gasteiger partial charge < -0.3 is 10.5 Å². The molecule has 2 rings (SSSR count). The minimum Gasteiger partial charge on any atom is -0.496 e. The smallest absolute Gasteiger partial charge is 0.123 e. The van der Waals surface area contributed by atoms with Crippen LogP contribution in [0.3, 0.4) is 0 Å². The second kappa shape index (κ2) is 5.76. The molecule has 2 N–H and O–H groups in total. The molecule has 2 aromatic carbocycles. The fraction of sp³-hybridized carbons (Fsp3) is 0.250. The van der Waals surface area contributed by atoms with Crippen molar-refractivity contribution in [2.45, 2.75) is 19.9 Å². The largest absolute Gasteiger partial charge is 0.496 e. The van der Waals surface area contributed by atoms with Crippen LogP contribution in [-0.4, -0.2) is 7.11 Å². The highest BCUT2D eigenvalue weighted by atomic mass is 79.9. The number of aryl methyl sites for hydroxylation is 2. The Balaban J connectivity index is 2.45. The van der Waals surface area contributed by atoms with Crippen LogP contribution in [-0.2, 0) is 0 Å². The summed E-state index contributed by atoms with van der Waals surface area (Å²) in [6.07, 6.45) is 0. The van der Waals surface area contributed by atoms with Crippen molar-refractivity contribution in [3.63, 3.8) is 0 Å². The van der Waals surface area contributed by atoms with Gasteiger partial charge in [-0.25, -0.2) is 0 Å². The number of halogens is 1. The maximum Gasteiger partial charge on any atom is 0.123 e. The third-order valence-corrected chi connectivity index (χ3v) is 4.13. The SMILES string of the molecule is COc1ccc(C)cc1C(N)c1ccc(C)c(Br)c1. The molecule has 1 unspecified atom stereocenters. The van der Waals surface area contributed by atoms with Gasteiger partial charge in [-0.2, -0.15) is 0 Å². The van der Waals surface area contributed by atoms with Crippen LogP contribution in [0.2, 0.25) is 0 Å². The average Bonchev–Trinajstić information content (AvgIpc) is 2.41. The Labute approximate surface area is 122 Å². The van der Waals surface area contributed by atoms with Crippen molar-refractivity contribution in [1.82, 2.24) is 0 Å². The number of methoxy groups -OCH3 is 1. The molecule has 3 heteroatoms. The van der Waals surface area contributed by atoms with E-state index in [2.05, 4.69) is 54.0 Å². The lowest BCUT2D eigenvalue weighted by Gasteiger charge is -2.17. The molecule has 0 aliphatic carbocycles. The Bertz CT molecular complexity index is 595. The van der Waals surface area contributed by atoms with Crippen molar-refractivity contribution in [2.24, 2.45) is 5.73 Å². The summed E-state index contributed by atoms with van der Waals surface area (Å²) < 4.78 is 6.48. The van der Waals surface area contributed by atoms with E-state index in [-0.39, 0.29) is 6.04 Å². The number of benzene rings is 2. The Morgan fingerprint density at radius 3 is 2.47 bits per heavy atom. The van der Waals surface area contributed by atoms with Crippen molar-refractivity contribution < 1.29 is 4.74 Å². The van der Waals surface area contributed by atoms with Crippen LogP contribution in [0, 0.1) is 13.8 Å². The van der Waals surface area contributed by atoms with E-state index in [1.165, 1.54) is 11.1 Å². The lowest BCUT2D eigenvalue weighted by atomic mass is 9.96. The summed E-state index contributed by atoms with van der Waals surface area (Å²) in [6, 6.07) is 12.1. The quantitative estimate of drug-likeness (QED) is 0.923. The van der Waals surface area contributed by atoms with E-state index in [4.69, 9.17) is 10.5 Å². The number of rotatable bonds is 3. The second-order valence-electron chi connectivity index (χ2n) is 4.73. The molecule has 0 aromatic heterocycles. The van der Waals surface area contributed by atoms with Gasteiger partial charge in [-0.15, -0.1) is 0 Å². The van der Waals surface area contributed by atoms with Crippen LogP contribution in [0.15, 0.2) is 40.9 Å². The van der Waals surface area contributed by atoms with Crippen LogP contribution < -0.4 is 10.5 Å². The zero-order chi connectivity index (χ0) is 14.0. The zero-order valence-corrected chi connectivity index (χ0v) is 13.0. The summed E-state index contributed by atoms with van der Waals surface area (Å²) in [7, 11) is 1.67. The normalized spacial score (nSPS) is 12.3. The fourth-order valence-electron chi connectivity index (χ4n) is 2.08. The number of nitrogens with two attached hydrogens (primary N) is 1. The summed E-state index contributed by atoms with van der Waals surface area (Å²) in [6.45, 7) is 4.12. The molecular weight excluding hydrogens is 302 g/mol. The topological polar surface area (TPSA) is 35.2 Å². The molecule has 2 nitrogen and oxygen atoms in total. The van der Waals surface area contributed by atoms with E-state index in [1.807, 2.05) is 12.1 Å². The first kappa shape index (κ1) is 14.1. The monoisotopic (exact) mass is 319 g/mol. The van der Waals surface area contributed by atoms with Crippen LogP contribution >= 0.6 is 15.9 Å².